The lowest BCUT2D eigenvalue weighted by atomic mass is 9.65. The molecule has 0 aromatic heterocycles. The van der Waals surface area contributed by atoms with Gasteiger partial charge < -0.3 is 0 Å². The first-order valence-corrected chi connectivity index (χ1v) is 13.3. The van der Waals surface area contributed by atoms with Crippen molar-refractivity contribution in [2.75, 3.05) is 9.80 Å². The predicted molar refractivity (Wildman–Crippen MR) is 149 cm³/mol. The monoisotopic (exact) mass is 600 g/mol. The van der Waals surface area contributed by atoms with E-state index < -0.39 is 11.1 Å². The number of carbonyl (C=O) groups excluding carboxylic acids is 2. The molecule has 2 atom stereocenters. The van der Waals surface area contributed by atoms with Gasteiger partial charge in [-0.1, -0.05) is 92.5 Å². The van der Waals surface area contributed by atoms with Crippen molar-refractivity contribution in [1.29, 1.82) is 0 Å². The van der Waals surface area contributed by atoms with Crippen LogP contribution in [0.15, 0.2) is 106 Å². The van der Waals surface area contributed by atoms with Gasteiger partial charge in [0.25, 0.3) is 0 Å². The van der Waals surface area contributed by atoms with Gasteiger partial charge >= 0.3 is 0 Å². The fourth-order valence-corrected chi connectivity index (χ4v) is 7.18. The first-order valence-electron chi connectivity index (χ1n) is 11.7. The van der Waals surface area contributed by atoms with Gasteiger partial charge in [0.2, 0.25) is 11.8 Å². The number of anilines is 2. The molecule has 0 spiro atoms. The summed E-state index contributed by atoms with van der Waals surface area (Å²) in [5.41, 5.74) is 3.13. The number of rotatable bonds is 2. The van der Waals surface area contributed by atoms with E-state index in [1.165, 1.54) is 0 Å². The fourth-order valence-electron chi connectivity index (χ4n) is 6.46. The van der Waals surface area contributed by atoms with Gasteiger partial charge in [0.15, 0.2) is 0 Å². The second-order valence-electron chi connectivity index (χ2n) is 9.18. The van der Waals surface area contributed by atoms with Crippen molar-refractivity contribution in [2.45, 2.75) is 24.9 Å². The predicted octanol–water partition coefficient (Wildman–Crippen LogP) is 7.13. The van der Waals surface area contributed by atoms with Crippen LogP contribution in [-0.2, 0) is 20.7 Å². The van der Waals surface area contributed by atoms with Crippen LogP contribution < -0.4 is 9.80 Å². The summed E-state index contributed by atoms with van der Waals surface area (Å²) >= 11 is 7.36. The zero-order valence-electron chi connectivity index (χ0n) is 19.7. The highest BCUT2D eigenvalue weighted by atomic mass is 79.9. The Morgan fingerprint density at radius 1 is 0.583 bits per heavy atom. The van der Waals surface area contributed by atoms with E-state index >= 15 is 0 Å². The van der Waals surface area contributed by atoms with Gasteiger partial charge in [-0.15, -0.1) is 0 Å². The minimum Gasteiger partial charge on any atom is -0.295 e. The van der Waals surface area contributed by atoms with Gasteiger partial charge in [-0.2, -0.15) is 0 Å². The van der Waals surface area contributed by atoms with Crippen molar-refractivity contribution >= 4 is 55.0 Å². The normalized spacial score (nSPS) is 21.7. The number of carbonyl (C=O) groups is 2. The molecule has 2 heterocycles. The third-order valence-electron chi connectivity index (χ3n) is 7.39. The maximum Gasteiger partial charge on any atom is 0.225 e. The Kier molecular flexibility index (Phi) is 5.25. The van der Waals surface area contributed by atoms with Crippen LogP contribution in [0, 0.1) is 0 Å². The topological polar surface area (TPSA) is 40.6 Å². The molecule has 0 radical (unpaired) electrons. The SMILES string of the molecule is CC(=O)N1c2ccc(Br)cc2[C@@]2(c3ccccc3)N(C(C)=O)c3ccc(Br)cc3[C@@]12c1ccccc1. The molecular formula is C30H22Br2N2O2. The molecule has 0 bridgehead atoms. The van der Waals surface area contributed by atoms with Crippen LogP contribution in [0.2, 0.25) is 0 Å². The zero-order valence-corrected chi connectivity index (χ0v) is 22.9. The second-order valence-corrected chi connectivity index (χ2v) is 11.0. The number of benzene rings is 4. The van der Waals surface area contributed by atoms with Crippen molar-refractivity contribution in [2.24, 2.45) is 0 Å². The van der Waals surface area contributed by atoms with E-state index in [0.717, 1.165) is 42.6 Å². The number of hydrogen-bond donors (Lipinski definition) is 0. The van der Waals surface area contributed by atoms with Gasteiger partial charge in [-0.05, 0) is 47.5 Å². The Morgan fingerprint density at radius 2 is 0.944 bits per heavy atom. The first-order chi connectivity index (χ1) is 17.3. The van der Waals surface area contributed by atoms with E-state index in [0.29, 0.717) is 0 Å². The minimum absolute atomic E-state index is 0.100. The second kappa shape index (κ2) is 8.15. The highest BCUT2D eigenvalue weighted by Gasteiger charge is 2.73. The molecular weight excluding hydrogens is 580 g/mol. The Bertz CT molecular complexity index is 1420. The van der Waals surface area contributed by atoms with Gasteiger partial charge in [-0.25, -0.2) is 0 Å². The summed E-state index contributed by atoms with van der Waals surface area (Å²) in [4.78, 5) is 31.3. The van der Waals surface area contributed by atoms with Gasteiger partial charge in [-0.3, -0.25) is 19.4 Å². The molecule has 0 aliphatic carbocycles. The minimum atomic E-state index is -1.05. The first kappa shape index (κ1) is 23.2. The van der Waals surface area contributed by atoms with Crippen LogP contribution >= 0.6 is 31.9 Å². The lowest BCUT2D eigenvalue weighted by molar-refractivity contribution is -0.119. The molecule has 0 saturated carbocycles. The van der Waals surface area contributed by atoms with Crippen LogP contribution in [0.3, 0.4) is 0 Å². The molecule has 0 fully saturated rings. The van der Waals surface area contributed by atoms with E-state index in [9.17, 15) is 9.59 Å². The van der Waals surface area contributed by atoms with Crippen molar-refractivity contribution in [1.82, 2.24) is 0 Å². The van der Waals surface area contributed by atoms with Crippen molar-refractivity contribution in [3.63, 3.8) is 0 Å². The maximum atomic E-state index is 13.8. The number of nitrogens with zero attached hydrogens (tertiary/aromatic N) is 2. The lowest BCUT2D eigenvalue weighted by Gasteiger charge is -2.49. The molecule has 2 aliphatic rings. The number of fused-ring (bicyclic) bond motifs is 5. The van der Waals surface area contributed by atoms with E-state index in [2.05, 4.69) is 68.3 Å². The smallest absolute Gasteiger partial charge is 0.225 e. The molecule has 0 N–H and O–H groups in total. The quantitative estimate of drug-likeness (QED) is 0.245. The van der Waals surface area contributed by atoms with Crippen molar-refractivity contribution in [3.05, 3.63) is 128 Å². The van der Waals surface area contributed by atoms with Crippen LogP contribution in [-0.4, -0.2) is 11.8 Å². The fraction of sp³-hybridized carbons (Fsp3) is 0.133. The van der Waals surface area contributed by atoms with Crippen LogP contribution in [0.1, 0.15) is 36.1 Å². The third-order valence-corrected chi connectivity index (χ3v) is 8.37. The molecule has 0 unspecified atom stereocenters. The average molecular weight is 602 g/mol. The van der Waals surface area contributed by atoms with Crippen LogP contribution in [0.25, 0.3) is 0 Å². The summed E-state index contributed by atoms with van der Waals surface area (Å²) < 4.78 is 1.76. The Balaban J connectivity index is 1.94. The van der Waals surface area contributed by atoms with Gasteiger partial charge in [0, 0.05) is 33.9 Å². The summed E-state index contributed by atoms with van der Waals surface area (Å²) in [6.07, 6.45) is 0. The Hall–Kier alpha value is -3.22. The van der Waals surface area contributed by atoms with E-state index in [1.54, 1.807) is 13.8 Å². The maximum absolute atomic E-state index is 13.8. The molecule has 4 nitrogen and oxygen atoms in total. The summed E-state index contributed by atoms with van der Waals surface area (Å²) in [6.45, 7) is 3.21. The molecule has 4 aromatic carbocycles. The molecule has 2 amide bonds. The highest BCUT2D eigenvalue weighted by Crippen LogP contribution is 2.70. The van der Waals surface area contributed by atoms with Gasteiger partial charge in [0.05, 0.1) is 11.4 Å². The van der Waals surface area contributed by atoms with E-state index in [1.807, 2.05) is 70.5 Å². The standard InChI is InChI=1S/C30H22Br2N2O2/c1-19(35)33-27-15-13-23(31)17-25(27)30(22-11-7-4-8-12-22)29(33,21-9-5-3-6-10-21)26-18-24(32)14-16-28(26)34(30)20(2)36/h3-18H,1-2H3/t29-,30-/m1/s1. The van der Waals surface area contributed by atoms with Crippen LogP contribution in [0.5, 0.6) is 0 Å². The molecule has 36 heavy (non-hydrogen) atoms. The Morgan fingerprint density at radius 3 is 1.28 bits per heavy atom. The van der Waals surface area contributed by atoms with E-state index in [-0.39, 0.29) is 11.8 Å². The van der Waals surface area contributed by atoms with Crippen LogP contribution in [0.4, 0.5) is 11.4 Å². The summed E-state index contributed by atoms with van der Waals surface area (Å²) in [6, 6.07) is 32.1. The van der Waals surface area contributed by atoms with Crippen molar-refractivity contribution < 1.29 is 9.59 Å². The van der Waals surface area contributed by atoms with Gasteiger partial charge in [0.1, 0.15) is 11.1 Å². The molecule has 6 rings (SSSR count). The van der Waals surface area contributed by atoms with Crippen molar-refractivity contribution in [3.8, 4) is 0 Å². The molecule has 6 heteroatoms. The number of hydrogen-bond acceptors (Lipinski definition) is 2. The average Bonchev–Trinajstić information content (AvgIpc) is 3.29. The Labute approximate surface area is 226 Å². The summed E-state index contributed by atoms with van der Waals surface area (Å²) in [5.74, 6) is -0.201. The summed E-state index contributed by atoms with van der Waals surface area (Å²) in [5, 5.41) is 0. The zero-order chi connectivity index (χ0) is 25.2. The molecule has 2 aliphatic heterocycles. The molecule has 0 saturated heterocycles. The molecule has 178 valence electrons. The lowest BCUT2D eigenvalue weighted by Crippen LogP contribution is -2.62. The summed E-state index contributed by atoms with van der Waals surface area (Å²) in [7, 11) is 0. The van der Waals surface area contributed by atoms with E-state index in [4.69, 9.17) is 0 Å². The largest absolute Gasteiger partial charge is 0.295 e. The third kappa shape index (κ3) is 2.74. The number of amides is 2. The highest BCUT2D eigenvalue weighted by molar-refractivity contribution is 9.10. The number of halogens is 2. The molecule has 4 aromatic rings.